The van der Waals surface area contributed by atoms with Crippen molar-refractivity contribution >= 4 is 16.7 Å². The van der Waals surface area contributed by atoms with E-state index >= 15 is 0 Å². The molecule has 15 heavy (non-hydrogen) atoms. The van der Waals surface area contributed by atoms with Gasteiger partial charge in [-0.15, -0.1) is 5.10 Å². The van der Waals surface area contributed by atoms with Gasteiger partial charge < -0.3 is 5.11 Å². The van der Waals surface area contributed by atoms with Crippen LogP contribution in [-0.2, 0) is 22.4 Å². The van der Waals surface area contributed by atoms with Crippen molar-refractivity contribution in [2.45, 2.75) is 6.92 Å². The van der Waals surface area contributed by atoms with Crippen LogP contribution in [0.2, 0.25) is 0 Å². The van der Waals surface area contributed by atoms with Crippen LogP contribution in [0.4, 0.5) is 5.69 Å². The molecule has 0 bridgehead atoms. The summed E-state index contributed by atoms with van der Waals surface area (Å²) in [6.07, 6.45) is 0. The molecular formula is C7H6AgN4O3+. The van der Waals surface area contributed by atoms with Crippen LogP contribution >= 0.6 is 0 Å². The van der Waals surface area contributed by atoms with Gasteiger partial charge in [-0.1, -0.05) is 5.21 Å². The number of phenols is 1. The van der Waals surface area contributed by atoms with Gasteiger partial charge in [0.25, 0.3) is 0 Å². The number of nitro groups is 1. The second-order valence-electron chi connectivity index (χ2n) is 2.86. The summed E-state index contributed by atoms with van der Waals surface area (Å²) < 4.78 is 0. The standard InChI is InChI=1S/C7H6N4O3.Ag/c1-3-2-4-5(9-10-8-4)7(12)6(3)11(13)14;/h2,12H,1H3,(H,8,9,10);/q;+1. The van der Waals surface area contributed by atoms with Gasteiger partial charge in [-0.05, 0) is 13.0 Å². The Kier molecular flexibility index (Phi) is 3.08. The summed E-state index contributed by atoms with van der Waals surface area (Å²) in [6, 6.07) is 1.52. The number of phenolic OH excluding ortho intramolecular Hbond substituents is 1. The summed E-state index contributed by atoms with van der Waals surface area (Å²) in [7, 11) is 0. The predicted molar refractivity (Wildman–Crippen MR) is 46.9 cm³/mol. The molecule has 0 aliphatic rings. The Balaban J connectivity index is 0.00000112. The number of nitro benzene ring substituents is 1. The number of aromatic hydroxyl groups is 1. The predicted octanol–water partition coefficient (Wildman–Crippen LogP) is 0.878. The van der Waals surface area contributed by atoms with Crippen LogP contribution in [0.25, 0.3) is 11.0 Å². The van der Waals surface area contributed by atoms with Crippen LogP contribution in [0.1, 0.15) is 5.56 Å². The topological polar surface area (TPSA) is 105 Å². The first-order valence-electron chi connectivity index (χ1n) is 3.79. The molecule has 2 aromatic rings. The summed E-state index contributed by atoms with van der Waals surface area (Å²) in [5.41, 5.74) is 0.630. The first kappa shape index (κ1) is 11.6. The third kappa shape index (κ3) is 1.72. The zero-order valence-electron chi connectivity index (χ0n) is 7.48. The Hall–Kier alpha value is -1.44. The number of H-pyrrole nitrogens is 1. The molecule has 0 saturated heterocycles. The van der Waals surface area contributed by atoms with Crippen LogP contribution in [0.15, 0.2) is 6.07 Å². The number of hydrogen-bond donors (Lipinski definition) is 2. The number of hydrogen-bond acceptors (Lipinski definition) is 5. The summed E-state index contributed by atoms with van der Waals surface area (Å²) in [6.45, 7) is 1.54. The van der Waals surface area contributed by atoms with E-state index < -0.39 is 10.7 Å². The van der Waals surface area contributed by atoms with Gasteiger partial charge >= 0.3 is 28.1 Å². The van der Waals surface area contributed by atoms with Crippen LogP contribution in [0.5, 0.6) is 5.75 Å². The van der Waals surface area contributed by atoms with Crippen molar-refractivity contribution in [1.29, 1.82) is 0 Å². The van der Waals surface area contributed by atoms with E-state index in [1.807, 2.05) is 0 Å². The molecule has 0 saturated carbocycles. The van der Waals surface area contributed by atoms with E-state index in [1.54, 1.807) is 0 Å². The average molecular weight is 302 g/mol. The van der Waals surface area contributed by atoms with Gasteiger partial charge in [0.1, 0.15) is 0 Å². The fraction of sp³-hybridized carbons (Fsp3) is 0.143. The Bertz CT molecular complexity index is 524. The average Bonchev–Trinajstić information content (AvgIpc) is 2.50. The number of aromatic nitrogens is 3. The van der Waals surface area contributed by atoms with E-state index in [0.29, 0.717) is 11.1 Å². The molecule has 0 atom stereocenters. The second-order valence-corrected chi connectivity index (χ2v) is 2.86. The molecule has 82 valence electrons. The molecule has 0 aliphatic carbocycles. The quantitative estimate of drug-likeness (QED) is 0.462. The van der Waals surface area contributed by atoms with Gasteiger partial charge in [-0.2, -0.15) is 0 Å². The fourth-order valence-electron chi connectivity index (χ4n) is 1.33. The molecule has 2 rings (SSSR count). The normalized spacial score (nSPS) is 9.93. The second kappa shape index (κ2) is 3.97. The van der Waals surface area contributed by atoms with E-state index in [9.17, 15) is 15.2 Å². The number of benzene rings is 1. The van der Waals surface area contributed by atoms with Gasteiger partial charge in [-0.3, -0.25) is 15.2 Å². The maximum atomic E-state index is 10.6. The van der Waals surface area contributed by atoms with Crippen LogP contribution in [0.3, 0.4) is 0 Å². The van der Waals surface area contributed by atoms with Crippen molar-refractivity contribution in [2.24, 2.45) is 0 Å². The monoisotopic (exact) mass is 301 g/mol. The van der Waals surface area contributed by atoms with E-state index in [2.05, 4.69) is 15.4 Å². The van der Waals surface area contributed by atoms with E-state index in [-0.39, 0.29) is 33.6 Å². The van der Waals surface area contributed by atoms with Gasteiger partial charge in [0.05, 0.1) is 10.4 Å². The summed E-state index contributed by atoms with van der Waals surface area (Å²) in [5, 5.41) is 29.6. The number of nitrogens with one attached hydrogen (secondary N) is 1. The summed E-state index contributed by atoms with van der Waals surface area (Å²) in [5.74, 6) is -0.446. The molecule has 2 N–H and O–H groups in total. The Morgan fingerprint density at radius 2 is 2.27 bits per heavy atom. The molecule has 0 amide bonds. The zero-order chi connectivity index (χ0) is 10.3. The molecule has 1 heterocycles. The number of aryl methyl sites for hydroxylation is 1. The number of aromatic amines is 1. The van der Waals surface area contributed by atoms with Crippen molar-refractivity contribution in [2.75, 3.05) is 0 Å². The minimum Gasteiger partial charge on any atom is -0.500 e. The third-order valence-corrected chi connectivity index (χ3v) is 1.94. The molecule has 1 aromatic heterocycles. The van der Waals surface area contributed by atoms with Crippen molar-refractivity contribution in [3.8, 4) is 5.75 Å². The minimum absolute atomic E-state index is 0. The van der Waals surface area contributed by atoms with Crippen molar-refractivity contribution in [1.82, 2.24) is 15.4 Å². The largest absolute Gasteiger partial charge is 1.00 e. The van der Waals surface area contributed by atoms with Gasteiger partial charge in [0, 0.05) is 5.56 Å². The fourth-order valence-corrected chi connectivity index (χ4v) is 1.33. The first-order valence-corrected chi connectivity index (χ1v) is 3.79. The molecule has 0 spiro atoms. The van der Waals surface area contributed by atoms with E-state index in [0.717, 1.165) is 0 Å². The first-order chi connectivity index (χ1) is 6.61. The molecule has 0 unspecified atom stereocenters. The number of nitrogens with zero attached hydrogens (tertiary/aromatic N) is 3. The smallest absolute Gasteiger partial charge is 0.500 e. The Labute approximate surface area is 99.1 Å². The zero-order valence-corrected chi connectivity index (χ0v) is 8.97. The Morgan fingerprint density at radius 3 is 2.87 bits per heavy atom. The third-order valence-electron chi connectivity index (χ3n) is 1.94. The maximum Gasteiger partial charge on any atom is 1.00 e. The van der Waals surface area contributed by atoms with Crippen molar-refractivity contribution in [3.05, 3.63) is 21.7 Å². The van der Waals surface area contributed by atoms with Gasteiger partial charge in [0.2, 0.25) is 5.75 Å². The van der Waals surface area contributed by atoms with E-state index in [1.165, 1.54) is 13.0 Å². The Morgan fingerprint density at radius 1 is 1.60 bits per heavy atom. The molecule has 1 aromatic carbocycles. The molecule has 0 aliphatic heterocycles. The molecular weight excluding hydrogens is 296 g/mol. The van der Waals surface area contributed by atoms with Crippen molar-refractivity contribution < 1.29 is 32.4 Å². The molecule has 0 radical (unpaired) electrons. The number of fused-ring (bicyclic) bond motifs is 1. The van der Waals surface area contributed by atoms with Crippen molar-refractivity contribution in [3.63, 3.8) is 0 Å². The summed E-state index contributed by atoms with van der Waals surface area (Å²) in [4.78, 5) is 9.96. The molecule has 8 heteroatoms. The summed E-state index contributed by atoms with van der Waals surface area (Å²) >= 11 is 0. The van der Waals surface area contributed by atoms with Crippen LogP contribution < -0.4 is 0 Å². The van der Waals surface area contributed by atoms with E-state index in [4.69, 9.17) is 0 Å². The minimum atomic E-state index is -0.640. The molecule has 0 fully saturated rings. The SMILES string of the molecule is Cc1cc2[nH]nnc2c(O)c1[N+](=O)[O-].[Ag+]. The van der Waals surface area contributed by atoms with Gasteiger partial charge in [-0.25, -0.2) is 0 Å². The van der Waals surface area contributed by atoms with Crippen LogP contribution in [-0.4, -0.2) is 25.4 Å². The molecule has 7 nitrogen and oxygen atoms in total. The van der Waals surface area contributed by atoms with Crippen LogP contribution in [0, 0.1) is 17.0 Å². The maximum absolute atomic E-state index is 10.6. The van der Waals surface area contributed by atoms with Gasteiger partial charge in [0.15, 0.2) is 5.52 Å². The number of rotatable bonds is 1.